The number of methoxy groups -OCH3 is 1. The zero-order valence-corrected chi connectivity index (χ0v) is 10.5. The van der Waals surface area contributed by atoms with Crippen LogP contribution in [0.3, 0.4) is 0 Å². The van der Waals surface area contributed by atoms with Crippen LogP contribution in [-0.4, -0.2) is 43.4 Å². The van der Waals surface area contributed by atoms with E-state index >= 15 is 0 Å². The monoisotopic (exact) mass is 264 g/mol. The van der Waals surface area contributed by atoms with Crippen molar-refractivity contribution in [3.05, 3.63) is 11.8 Å². The molecule has 1 amide bonds. The van der Waals surface area contributed by atoms with Crippen LogP contribution in [0.5, 0.6) is 0 Å². The van der Waals surface area contributed by atoms with E-state index in [1.165, 1.54) is 6.08 Å². The highest BCUT2D eigenvalue weighted by atomic mass is 31.1. The Morgan fingerprint density at radius 1 is 1.47 bits per heavy atom. The number of carbonyl (C=O) groups excluding carboxylic acids is 2. The smallest absolute Gasteiger partial charge is 0.411 e. The van der Waals surface area contributed by atoms with Gasteiger partial charge in [0.25, 0.3) is 0 Å². The Labute approximate surface area is 99.6 Å². The predicted octanol–water partition coefficient (Wildman–Crippen LogP) is 0.567. The number of rotatable bonds is 6. The minimum absolute atomic E-state index is 0.0377. The standard InChI is InChI=1S/C9H14NO6P/c1-3-16-8(12)7(10-9(13)15-2)4-5-17(14)6-11/h4,11H,3,5-6H2,1-2H3/p+1/b7-4-. The highest BCUT2D eigenvalue weighted by molar-refractivity contribution is 7.44. The van der Waals surface area contributed by atoms with Crippen molar-refractivity contribution in [1.82, 2.24) is 5.32 Å². The summed E-state index contributed by atoms with van der Waals surface area (Å²) in [6.07, 6.45) is -0.128. The van der Waals surface area contributed by atoms with E-state index in [0.717, 1.165) is 7.11 Å². The van der Waals surface area contributed by atoms with E-state index in [2.05, 4.69) is 14.8 Å². The molecule has 0 fully saturated rings. The number of ether oxygens (including phenoxy) is 2. The Morgan fingerprint density at radius 3 is 2.59 bits per heavy atom. The molecule has 0 aromatic heterocycles. The summed E-state index contributed by atoms with van der Waals surface area (Å²) in [6, 6.07) is 0. The summed E-state index contributed by atoms with van der Waals surface area (Å²) in [5.74, 6) is -0.751. The number of amides is 1. The van der Waals surface area contributed by atoms with Crippen LogP contribution in [0.15, 0.2) is 11.8 Å². The molecule has 0 aliphatic heterocycles. The van der Waals surface area contributed by atoms with Crippen molar-refractivity contribution < 1.29 is 28.7 Å². The third-order valence-electron chi connectivity index (χ3n) is 1.57. The molecule has 0 aliphatic rings. The van der Waals surface area contributed by atoms with Gasteiger partial charge in [-0.3, -0.25) is 5.32 Å². The largest absolute Gasteiger partial charge is 0.461 e. The SMILES string of the molecule is CCOC(=O)/C(=C/C[P+](=O)CO)NC(=O)OC. The van der Waals surface area contributed by atoms with Gasteiger partial charge in [-0.2, -0.15) is 0 Å². The van der Waals surface area contributed by atoms with Gasteiger partial charge < -0.3 is 14.6 Å². The number of alkyl carbamates (subject to hydrolysis) is 1. The third-order valence-corrected chi connectivity index (χ3v) is 2.48. The second kappa shape index (κ2) is 8.66. The molecule has 0 rings (SSSR count). The van der Waals surface area contributed by atoms with Crippen molar-refractivity contribution in [1.29, 1.82) is 0 Å². The van der Waals surface area contributed by atoms with E-state index in [1.54, 1.807) is 6.92 Å². The maximum Gasteiger partial charge on any atom is 0.411 e. The van der Waals surface area contributed by atoms with Crippen LogP contribution in [0.2, 0.25) is 0 Å². The minimum Gasteiger partial charge on any atom is -0.461 e. The van der Waals surface area contributed by atoms with Crippen LogP contribution >= 0.6 is 7.80 Å². The van der Waals surface area contributed by atoms with E-state index in [-0.39, 0.29) is 18.5 Å². The lowest BCUT2D eigenvalue weighted by Crippen LogP contribution is -2.28. The van der Waals surface area contributed by atoms with E-state index in [0.29, 0.717) is 0 Å². The van der Waals surface area contributed by atoms with Crippen molar-refractivity contribution in [3.8, 4) is 0 Å². The van der Waals surface area contributed by atoms with Gasteiger partial charge in [-0.1, -0.05) is 4.57 Å². The van der Waals surface area contributed by atoms with Crippen LogP contribution in [0.25, 0.3) is 0 Å². The summed E-state index contributed by atoms with van der Waals surface area (Å²) in [5, 5.41) is 10.7. The molecule has 2 N–H and O–H groups in total. The molecule has 0 radical (unpaired) electrons. The molecule has 0 heterocycles. The van der Waals surface area contributed by atoms with Crippen molar-refractivity contribution in [2.75, 3.05) is 26.2 Å². The number of hydrogen-bond donors (Lipinski definition) is 2. The number of carbonyl (C=O) groups is 2. The first-order valence-corrected chi connectivity index (χ1v) is 6.43. The van der Waals surface area contributed by atoms with Gasteiger partial charge in [-0.25, -0.2) is 9.59 Å². The molecule has 17 heavy (non-hydrogen) atoms. The van der Waals surface area contributed by atoms with Crippen LogP contribution in [-0.2, 0) is 18.8 Å². The van der Waals surface area contributed by atoms with Gasteiger partial charge in [0.15, 0.2) is 6.16 Å². The van der Waals surface area contributed by atoms with Crippen molar-refractivity contribution in [3.63, 3.8) is 0 Å². The van der Waals surface area contributed by atoms with Crippen molar-refractivity contribution in [2.24, 2.45) is 0 Å². The Balaban J connectivity index is 4.65. The van der Waals surface area contributed by atoms with Gasteiger partial charge in [0, 0.05) is 0 Å². The van der Waals surface area contributed by atoms with Gasteiger partial charge in [0.2, 0.25) is 6.35 Å². The molecule has 7 nitrogen and oxygen atoms in total. The third kappa shape index (κ3) is 6.65. The fourth-order valence-corrected chi connectivity index (χ4v) is 1.31. The maximum atomic E-state index is 11.4. The number of nitrogens with one attached hydrogen (secondary N) is 1. The minimum atomic E-state index is -1.84. The molecular formula is C9H15NO6P+. The Bertz CT molecular complexity index is 327. The molecule has 0 aromatic carbocycles. The lowest BCUT2D eigenvalue weighted by molar-refractivity contribution is -0.138. The number of esters is 1. The highest BCUT2D eigenvalue weighted by Crippen LogP contribution is 2.18. The first kappa shape index (κ1) is 15.5. The zero-order chi connectivity index (χ0) is 13.3. The van der Waals surface area contributed by atoms with Crippen molar-refractivity contribution >= 4 is 19.9 Å². The zero-order valence-electron chi connectivity index (χ0n) is 9.63. The Hall–Kier alpha value is -1.46. The molecule has 1 atom stereocenters. The summed E-state index contributed by atoms with van der Waals surface area (Å²) in [7, 11) is -0.700. The highest BCUT2D eigenvalue weighted by Gasteiger charge is 2.17. The maximum absolute atomic E-state index is 11.4. The molecule has 0 aromatic rings. The second-order valence-corrected chi connectivity index (χ2v) is 4.37. The van der Waals surface area contributed by atoms with Gasteiger partial charge in [0.1, 0.15) is 5.70 Å². The number of aliphatic hydroxyl groups excluding tert-OH is 1. The Morgan fingerprint density at radius 2 is 2.12 bits per heavy atom. The normalized spacial score (nSPS) is 11.7. The number of aliphatic hydroxyl groups is 1. The topological polar surface area (TPSA) is 102 Å². The molecule has 0 saturated heterocycles. The van der Waals surface area contributed by atoms with Gasteiger partial charge in [-0.05, 0) is 13.0 Å². The molecule has 0 bridgehead atoms. The average molecular weight is 264 g/mol. The molecule has 0 spiro atoms. The molecule has 0 aliphatic carbocycles. The molecule has 8 heteroatoms. The number of hydrogen-bond acceptors (Lipinski definition) is 6. The molecule has 0 saturated carbocycles. The summed E-state index contributed by atoms with van der Waals surface area (Å²) in [6.45, 7) is 1.76. The van der Waals surface area contributed by atoms with Crippen LogP contribution in [0, 0.1) is 0 Å². The van der Waals surface area contributed by atoms with Crippen LogP contribution < -0.4 is 5.32 Å². The first-order valence-electron chi connectivity index (χ1n) is 4.80. The van der Waals surface area contributed by atoms with Gasteiger partial charge in [0.05, 0.1) is 13.7 Å². The van der Waals surface area contributed by atoms with Crippen molar-refractivity contribution in [2.45, 2.75) is 6.92 Å². The van der Waals surface area contributed by atoms with E-state index in [1.807, 2.05) is 0 Å². The number of allylic oxidation sites excluding steroid dienone is 1. The predicted molar refractivity (Wildman–Crippen MR) is 59.8 cm³/mol. The molecule has 1 unspecified atom stereocenters. The van der Waals surface area contributed by atoms with Crippen LogP contribution in [0.4, 0.5) is 4.79 Å². The second-order valence-electron chi connectivity index (χ2n) is 2.76. The lowest BCUT2D eigenvalue weighted by Gasteiger charge is -2.06. The van der Waals surface area contributed by atoms with E-state index < -0.39 is 26.2 Å². The van der Waals surface area contributed by atoms with E-state index in [4.69, 9.17) is 5.11 Å². The summed E-state index contributed by atoms with van der Waals surface area (Å²) >= 11 is 0. The van der Waals surface area contributed by atoms with E-state index in [9.17, 15) is 14.2 Å². The van der Waals surface area contributed by atoms with Crippen LogP contribution in [0.1, 0.15) is 6.92 Å². The molecule has 96 valence electrons. The fourth-order valence-electron chi connectivity index (χ4n) is 0.806. The Kier molecular flexibility index (Phi) is 7.92. The summed E-state index contributed by atoms with van der Waals surface area (Å²) in [5.41, 5.74) is -0.157. The average Bonchev–Trinajstić information content (AvgIpc) is 2.33. The van der Waals surface area contributed by atoms with Gasteiger partial charge in [-0.15, -0.1) is 0 Å². The fraction of sp³-hybridized carbons (Fsp3) is 0.556. The lowest BCUT2D eigenvalue weighted by atomic mass is 10.4. The molecular weight excluding hydrogens is 249 g/mol. The summed E-state index contributed by atoms with van der Waals surface area (Å²) in [4.78, 5) is 22.3. The summed E-state index contributed by atoms with van der Waals surface area (Å²) < 4.78 is 20.0. The first-order chi connectivity index (χ1) is 8.04. The quantitative estimate of drug-likeness (QED) is 0.413. The van der Waals surface area contributed by atoms with Gasteiger partial charge >= 0.3 is 19.9 Å².